The van der Waals surface area contributed by atoms with E-state index in [1.807, 2.05) is 30.3 Å². The molecule has 0 saturated heterocycles. The van der Waals surface area contributed by atoms with Crippen molar-refractivity contribution in [1.82, 2.24) is 10.2 Å². The first kappa shape index (κ1) is 23.3. The summed E-state index contributed by atoms with van der Waals surface area (Å²) in [4.78, 5) is 26.3. The number of rotatable bonds is 7. The molecule has 2 aromatic rings. The molecule has 0 aliphatic carbocycles. The number of alkyl halides is 3. The second kappa shape index (κ2) is 10.1. The molecule has 0 radical (unpaired) electrons. The number of amides is 2. The van der Waals surface area contributed by atoms with Gasteiger partial charge in [0.15, 0.2) is 0 Å². The minimum atomic E-state index is -4.41. The number of benzene rings is 2. The number of carbonyl (C=O) groups is 2. The van der Waals surface area contributed by atoms with Crippen molar-refractivity contribution in [3.8, 4) is 0 Å². The van der Waals surface area contributed by atoms with Gasteiger partial charge in [0.05, 0.1) is 5.56 Å². The molecule has 0 aliphatic rings. The van der Waals surface area contributed by atoms with E-state index in [9.17, 15) is 22.8 Å². The van der Waals surface area contributed by atoms with Gasteiger partial charge in [-0.25, -0.2) is 4.79 Å². The number of hydrogen-bond acceptors (Lipinski definition) is 3. The summed E-state index contributed by atoms with van der Waals surface area (Å²) >= 11 is 0. The molecule has 0 aromatic heterocycles. The molecule has 1 N–H and O–H groups in total. The highest BCUT2D eigenvalue weighted by Gasteiger charge is 2.30. The molecular formula is C22H25F3N2O3. The maximum absolute atomic E-state index is 12.8. The number of ether oxygens (including phenoxy) is 1. The summed E-state index contributed by atoms with van der Waals surface area (Å²) in [6.07, 6.45) is -5.12. The standard InChI is InChI=1S/C22H25F3N2O3/c1-15(2)19(26-21(29)30-14-17-7-5-4-6-8-17)20(28)27(3)13-16-9-11-18(12-10-16)22(23,24)25/h4-12,15,19H,13-14H2,1-3H3,(H,26,29)/t19-/m0/s1. The second-order valence-electron chi connectivity index (χ2n) is 7.32. The van der Waals surface area contributed by atoms with Gasteiger partial charge < -0.3 is 15.0 Å². The van der Waals surface area contributed by atoms with Crippen LogP contribution in [0.25, 0.3) is 0 Å². The van der Waals surface area contributed by atoms with E-state index >= 15 is 0 Å². The highest BCUT2D eigenvalue weighted by Crippen LogP contribution is 2.29. The van der Waals surface area contributed by atoms with Gasteiger partial charge in [0.2, 0.25) is 5.91 Å². The zero-order valence-electron chi connectivity index (χ0n) is 17.1. The van der Waals surface area contributed by atoms with Crippen LogP contribution in [0.15, 0.2) is 54.6 Å². The minimum absolute atomic E-state index is 0.0765. The van der Waals surface area contributed by atoms with Crippen molar-refractivity contribution >= 4 is 12.0 Å². The fourth-order valence-corrected chi connectivity index (χ4v) is 2.79. The zero-order valence-corrected chi connectivity index (χ0v) is 17.1. The molecule has 0 spiro atoms. The lowest BCUT2D eigenvalue weighted by Gasteiger charge is -2.27. The molecule has 8 heteroatoms. The van der Waals surface area contributed by atoms with Crippen molar-refractivity contribution in [3.05, 3.63) is 71.3 Å². The van der Waals surface area contributed by atoms with Gasteiger partial charge in [0.25, 0.3) is 0 Å². The maximum Gasteiger partial charge on any atom is 0.416 e. The van der Waals surface area contributed by atoms with E-state index in [0.717, 1.165) is 17.7 Å². The summed E-state index contributed by atoms with van der Waals surface area (Å²) in [5.74, 6) is -0.571. The van der Waals surface area contributed by atoms with E-state index in [4.69, 9.17) is 4.74 Å². The quantitative estimate of drug-likeness (QED) is 0.709. The Kier molecular flexibility index (Phi) is 7.86. The topological polar surface area (TPSA) is 58.6 Å². The summed E-state index contributed by atoms with van der Waals surface area (Å²) in [6.45, 7) is 3.76. The molecule has 0 aliphatic heterocycles. The van der Waals surface area contributed by atoms with Crippen molar-refractivity contribution in [2.24, 2.45) is 5.92 Å². The summed E-state index contributed by atoms with van der Waals surface area (Å²) < 4.78 is 43.2. The zero-order chi connectivity index (χ0) is 22.3. The van der Waals surface area contributed by atoms with Gasteiger partial charge in [0.1, 0.15) is 12.6 Å². The first-order valence-electron chi connectivity index (χ1n) is 9.46. The van der Waals surface area contributed by atoms with Crippen LogP contribution in [0, 0.1) is 5.92 Å². The van der Waals surface area contributed by atoms with Crippen molar-refractivity contribution in [1.29, 1.82) is 0 Å². The van der Waals surface area contributed by atoms with Crippen molar-refractivity contribution in [2.75, 3.05) is 7.05 Å². The van der Waals surface area contributed by atoms with Crippen molar-refractivity contribution in [2.45, 2.75) is 39.2 Å². The number of halogens is 3. The van der Waals surface area contributed by atoms with Crippen molar-refractivity contribution in [3.63, 3.8) is 0 Å². The molecule has 30 heavy (non-hydrogen) atoms. The first-order chi connectivity index (χ1) is 14.1. The molecule has 5 nitrogen and oxygen atoms in total. The normalized spacial score (nSPS) is 12.4. The molecule has 0 heterocycles. The number of nitrogens with one attached hydrogen (secondary N) is 1. The van der Waals surface area contributed by atoms with E-state index in [0.29, 0.717) is 5.56 Å². The van der Waals surface area contributed by atoms with Gasteiger partial charge in [-0.2, -0.15) is 13.2 Å². The van der Waals surface area contributed by atoms with E-state index in [1.54, 1.807) is 13.8 Å². The van der Waals surface area contributed by atoms with E-state index in [1.165, 1.54) is 24.1 Å². The molecule has 162 valence electrons. The fraction of sp³-hybridized carbons (Fsp3) is 0.364. The molecule has 0 fully saturated rings. The Labute approximate surface area is 173 Å². The predicted octanol–water partition coefficient (Wildman–Crippen LogP) is 4.61. The molecule has 0 unspecified atom stereocenters. The number of carbonyl (C=O) groups excluding carboxylic acids is 2. The second-order valence-corrected chi connectivity index (χ2v) is 7.32. The van der Waals surface area contributed by atoms with E-state index < -0.39 is 23.9 Å². The first-order valence-corrected chi connectivity index (χ1v) is 9.46. The molecule has 2 rings (SSSR count). The van der Waals surface area contributed by atoms with Crippen LogP contribution < -0.4 is 5.32 Å². The Morgan fingerprint density at radius 3 is 2.13 bits per heavy atom. The molecular weight excluding hydrogens is 397 g/mol. The van der Waals surface area contributed by atoms with Gasteiger partial charge in [-0.1, -0.05) is 56.3 Å². The molecule has 0 bridgehead atoms. The lowest BCUT2D eigenvalue weighted by molar-refractivity contribution is -0.137. The highest BCUT2D eigenvalue weighted by atomic mass is 19.4. The van der Waals surface area contributed by atoms with Crippen LogP contribution in [0.2, 0.25) is 0 Å². The monoisotopic (exact) mass is 422 g/mol. The summed E-state index contributed by atoms with van der Waals surface area (Å²) in [6, 6.07) is 12.9. The predicted molar refractivity (Wildman–Crippen MR) is 106 cm³/mol. The van der Waals surface area contributed by atoms with Gasteiger partial charge in [0, 0.05) is 13.6 Å². The summed E-state index contributed by atoms with van der Waals surface area (Å²) in [7, 11) is 1.53. The number of likely N-dealkylation sites (N-methyl/N-ethyl adjacent to an activating group) is 1. The fourth-order valence-electron chi connectivity index (χ4n) is 2.79. The number of nitrogens with zero attached hydrogens (tertiary/aromatic N) is 1. The summed E-state index contributed by atoms with van der Waals surface area (Å²) in [5.41, 5.74) is 0.621. The lowest BCUT2D eigenvalue weighted by Crippen LogP contribution is -2.50. The number of hydrogen-bond donors (Lipinski definition) is 1. The Hall–Kier alpha value is -3.03. The van der Waals surface area contributed by atoms with Crippen LogP contribution in [0.5, 0.6) is 0 Å². The minimum Gasteiger partial charge on any atom is -0.445 e. The third-order valence-electron chi connectivity index (χ3n) is 4.50. The summed E-state index contributed by atoms with van der Waals surface area (Å²) in [5, 5.41) is 2.58. The average Bonchev–Trinajstić information content (AvgIpc) is 2.70. The van der Waals surface area contributed by atoms with Crippen LogP contribution in [0.4, 0.5) is 18.0 Å². The van der Waals surface area contributed by atoms with Crippen molar-refractivity contribution < 1.29 is 27.5 Å². The van der Waals surface area contributed by atoms with Gasteiger partial charge in [-0.3, -0.25) is 4.79 Å². The van der Waals surface area contributed by atoms with Crippen LogP contribution in [-0.2, 0) is 28.9 Å². The molecule has 2 aromatic carbocycles. The third kappa shape index (κ3) is 6.79. The Bertz CT molecular complexity index is 837. The van der Waals surface area contributed by atoms with Crippen LogP contribution >= 0.6 is 0 Å². The Balaban J connectivity index is 1.95. The third-order valence-corrected chi connectivity index (χ3v) is 4.50. The van der Waals surface area contributed by atoms with E-state index in [-0.39, 0.29) is 25.0 Å². The van der Waals surface area contributed by atoms with Gasteiger partial charge in [-0.15, -0.1) is 0 Å². The van der Waals surface area contributed by atoms with Gasteiger partial charge in [-0.05, 0) is 29.2 Å². The van der Waals surface area contributed by atoms with Crippen LogP contribution in [-0.4, -0.2) is 30.0 Å². The lowest BCUT2D eigenvalue weighted by atomic mass is 10.0. The highest BCUT2D eigenvalue weighted by molar-refractivity contribution is 5.85. The van der Waals surface area contributed by atoms with Crippen LogP contribution in [0.1, 0.15) is 30.5 Å². The smallest absolute Gasteiger partial charge is 0.416 e. The van der Waals surface area contributed by atoms with Gasteiger partial charge >= 0.3 is 12.3 Å². The largest absolute Gasteiger partial charge is 0.445 e. The molecule has 1 atom stereocenters. The van der Waals surface area contributed by atoms with E-state index in [2.05, 4.69) is 5.32 Å². The molecule has 0 saturated carbocycles. The Morgan fingerprint density at radius 1 is 1.00 bits per heavy atom. The average molecular weight is 422 g/mol. The number of alkyl carbamates (subject to hydrolysis) is 1. The van der Waals surface area contributed by atoms with Crippen LogP contribution in [0.3, 0.4) is 0 Å². The Morgan fingerprint density at radius 2 is 1.60 bits per heavy atom. The maximum atomic E-state index is 12.8. The molecule has 2 amide bonds. The SMILES string of the molecule is CC(C)[C@H](NC(=O)OCc1ccccc1)C(=O)N(C)Cc1ccc(C(F)(F)F)cc1.